The van der Waals surface area contributed by atoms with Crippen LogP contribution in [0.3, 0.4) is 0 Å². The van der Waals surface area contributed by atoms with Gasteiger partial charge in [0.25, 0.3) is 0 Å². The van der Waals surface area contributed by atoms with Crippen LogP contribution in [0.25, 0.3) is 0 Å². The predicted octanol–water partition coefficient (Wildman–Crippen LogP) is 3.81. The molecule has 2 nitrogen and oxygen atoms in total. The summed E-state index contributed by atoms with van der Waals surface area (Å²) in [5, 5.41) is 3.53. The zero-order chi connectivity index (χ0) is 14.4. The molecule has 0 amide bonds. The molecule has 0 radical (unpaired) electrons. The average Bonchev–Trinajstić information content (AvgIpc) is 3.24. The van der Waals surface area contributed by atoms with Gasteiger partial charge in [-0.05, 0) is 42.9 Å². The molecule has 1 N–H and O–H groups in total. The monoisotopic (exact) mass is 274 g/mol. The van der Waals surface area contributed by atoms with Gasteiger partial charge in [-0.2, -0.15) is 0 Å². The van der Waals surface area contributed by atoms with Crippen molar-refractivity contribution in [1.82, 2.24) is 10.2 Å². The summed E-state index contributed by atoms with van der Waals surface area (Å²) >= 11 is 0. The predicted molar refractivity (Wildman–Crippen MR) is 86.7 cm³/mol. The van der Waals surface area contributed by atoms with E-state index in [0.29, 0.717) is 0 Å². The Hall–Kier alpha value is -0.860. The molecule has 0 aliphatic heterocycles. The normalized spacial score (nSPS) is 15.2. The highest BCUT2D eigenvalue weighted by molar-refractivity contribution is 5.27. The smallest absolute Gasteiger partial charge is 0.0240 e. The van der Waals surface area contributed by atoms with Crippen molar-refractivity contribution in [2.75, 3.05) is 13.1 Å². The lowest BCUT2D eigenvalue weighted by Gasteiger charge is -2.25. The Labute approximate surface area is 124 Å². The molecular formula is C18H30N2. The summed E-state index contributed by atoms with van der Waals surface area (Å²) in [7, 11) is 0. The van der Waals surface area contributed by atoms with Crippen molar-refractivity contribution in [3.8, 4) is 0 Å². The molecule has 1 aromatic carbocycles. The maximum Gasteiger partial charge on any atom is 0.0240 e. The van der Waals surface area contributed by atoms with Gasteiger partial charge in [0.1, 0.15) is 0 Å². The molecule has 112 valence electrons. The Bertz CT molecular complexity index is 396. The van der Waals surface area contributed by atoms with Crippen molar-refractivity contribution < 1.29 is 0 Å². The van der Waals surface area contributed by atoms with Crippen molar-refractivity contribution in [3.63, 3.8) is 0 Å². The second kappa shape index (κ2) is 7.80. The Morgan fingerprint density at radius 3 is 2.50 bits per heavy atom. The van der Waals surface area contributed by atoms with Gasteiger partial charge in [0, 0.05) is 25.7 Å². The first kappa shape index (κ1) is 15.5. The number of hydrogen-bond acceptors (Lipinski definition) is 2. The molecule has 1 aromatic rings. The van der Waals surface area contributed by atoms with Gasteiger partial charge in [-0.15, -0.1) is 0 Å². The summed E-state index contributed by atoms with van der Waals surface area (Å²) in [6.45, 7) is 11.3. The number of benzene rings is 1. The molecule has 0 unspecified atom stereocenters. The lowest BCUT2D eigenvalue weighted by atomic mass is 10.1. The van der Waals surface area contributed by atoms with E-state index in [4.69, 9.17) is 0 Å². The molecule has 20 heavy (non-hydrogen) atoms. The molecule has 0 atom stereocenters. The van der Waals surface area contributed by atoms with E-state index in [9.17, 15) is 0 Å². The van der Waals surface area contributed by atoms with Crippen molar-refractivity contribution in [3.05, 3.63) is 35.4 Å². The van der Waals surface area contributed by atoms with Crippen LogP contribution in [0.15, 0.2) is 24.3 Å². The highest BCUT2D eigenvalue weighted by atomic mass is 15.2. The van der Waals surface area contributed by atoms with E-state index in [2.05, 4.69) is 55.3 Å². The first-order valence-electron chi connectivity index (χ1n) is 8.22. The lowest BCUT2D eigenvalue weighted by molar-refractivity contribution is 0.225. The van der Waals surface area contributed by atoms with Gasteiger partial charge >= 0.3 is 0 Å². The highest BCUT2D eigenvalue weighted by Gasteiger charge is 2.29. The molecule has 2 heteroatoms. The third kappa shape index (κ3) is 4.92. The van der Waals surface area contributed by atoms with E-state index in [-0.39, 0.29) is 0 Å². The van der Waals surface area contributed by atoms with E-state index in [1.807, 2.05) is 0 Å². The quantitative estimate of drug-likeness (QED) is 0.689. The number of rotatable bonds is 9. The summed E-state index contributed by atoms with van der Waals surface area (Å²) in [6.07, 6.45) is 3.98. The first-order valence-corrected chi connectivity index (χ1v) is 8.22. The molecule has 0 saturated heterocycles. The van der Waals surface area contributed by atoms with Crippen molar-refractivity contribution in [2.24, 2.45) is 5.92 Å². The van der Waals surface area contributed by atoms with Crippen LogP contribution in [0.5, 0.6) is 0 Å². The Kier molecular flexibility index (Phi) is 6.06. The average molecular weight is 274 g/mol. The van der Waals surface area contributed by atoms with Gasteiger partial charge in [-0.1, -0.05) is 45.0 Å². The van der Waals surface area contributed by atoms with Crippen LogP contribution in [0.1, 0.15) is 51.2 Å². The van der Waals surface area contributed by atoms with Crippen LogP contribution < -0.4 is 5.32 Å². The van der Waals surface area contributed by atoms with Gasteiger partial charge in [-0.25, -0.2) is 0 Å². The number of nitrogens with zero attached hydrogens (tertiary/aromatic N) is 1. The molecule has 0 aromatic heterocycles. The largest absolute Gasteiger partial charge is 0.313 e. The van der Waals surface area contributed by atoms with Crippen LogP contribution in [0.4, 0.5) is 0 Å². The minimum Gasteiger partial charge on any atom is -0.313 e. The molecule has 1 fully saturated rings. The molecule has 2 rings (SSSR count). The summed E-state index contributed by atoms with van der Waals surface area (Å²) in [5.41, 5.74) is 2.97. The van der Waals surface area contributed by atoms with Crippen LogP contribution in [-0.4, -0.2) is 24.0 Å². The second-order valence-corrected chi connectivity index (χ2v) is 6.50. The zero-order valence-corrected chi connectivity index (χ0v) is 13.4. The first-order chi connectivity index (χ1) is 9.70. The third-order valence-electron chi connectivity index (χ3n) is 3.90. The minimum atomic E-state index is 0.751. The van der Waals surface area contributed by atoms with E-state index in [0.717, 1.165) is 31.6 Å². The maximum atomic E-state index is 3.53. The summed E-state index contributed by atoms with van der Waals surface area (Å²) in [6, 6.07) is 9.76. The van der Waals surface area contributed by atoms with E-state index >= 15 is 0 Å². The summed E-state index contributed by atoms with van der Waals surface area (Å²) in [5.74, 6) is 0.751. The van der Waals surface area contributed by atoms with Gasteiger partial charge in [0.2, 0.25) is 0 Å². The summed E-state index contributed by atoms with van der Waals surface area (Å²) in [4.78, 5) is 2.68. The maximum absolute atomic E-state index is 3.53. The molecule has 1 saturated carbocycles. The topological polar surface area (TPSA) is 15.3 Å². The molecule has 1 aliphatic rings. The Morgan fingerprint density at radius 2 is 1.90 bits per heavy atom. The SMILES string of the molecule is CCCNCc1ccccc1CN(CC(C)C)C1CC1. The third-order valence-corrected chi connectivity index (χ3v) is 3.90. The fourth-order valence-electron chi connectivity index (χ4n) is 2.75. The standard InChI is InChI=1S/C18H30N2/c1-4-11-19-12-16-7-5-6-8-17(16)14-20(13-15(2)3)18-9-10-18/h5-8,15,18-19H,4,9-14H2,1-3H3. The fourth-order valence-corrected chi connectivity index (χ4v) is 2.75. The molecule has 0 spiro atoms. The van der Waals surface area contributed by atoms with Crippen LogP contribution in [0, 0.1) is 5.92 Å². The zero-order valence-electron chi connectivity index (χ0n) is 13.4. The van der Waals surface area contributed by atoms with E-state index in [1.165, 1.54) is 36.9 Å². The molecule has 1 aliphatic carbocycles. The lowest BCUT2D eigenvalue weighted by Crippen LogP contribution is -2.30. The molecular weight excluding hydrogens is 244 g/mol. The number of hydrogen-bond donors (Lipinski definition) is 1. The van der Waals surface area contributed by atoms with Crippen LogP contribution >= 0.6 is 0 Å². The van der Waals surface area contributed by atoms with Gasteiger partial charge in [0.15, 0.2) is 0 Å². The van der Waals surface area contributed by atoms with Crippen molar-refractivity contribution in [2.45, 2.75) is 59.2 Å². The minimum absolute atomic E-state index is 0.751. The second-order valence-electron chi connectivity index (χ2n) is 6.50. The molecule has 0 heterocycles. The van der Waals surface area contributed by atoms with Gasteiger partial charge in [-0.3, -0.25) is 4.90 Å². The Balaban J connectivity index is 1.99. The van der Waals surface area contributed by atoms with E-state index in [1.54, 1.807) is 0 Å². The van der Waals surface area contributed by atoms with Crippen LogP contribution in [0.2, 0.25) is 0 Å². The highest BCUT2D eigenvalue weighted by Crippen LogP contribution is 2.29. The number of nitrogens with one attached hydrogen (secondary N) is 1. The van der Waals surface area contributed by atoms with Crippen molar-refractivity contribution >= 4 is 0 Å². The van der Waals surface area contributed by atoms with E-state index < -0.39 is 0 Å². The Morgan fingerprint density at radius 1 is 1.20 bits per heavy atom. The van der Waals surface area contributed by atoms with Crippen molar-refractivity contribution in [1.29, 1.82) is 0 Å². The molecule has 0 bridgehead atoms. The van der Waals surface area contributed by atoms with Crippen LogP contribution in [-0.2, 0) is 13.1 Å². The van der Waals surface area contributed by atoms with Gasteiger partial charge < -0.3 is 5.32 Å². The summed E-state index contributed by atoms with van der Waals surface area (Å²) < 4.78 is 0. The van der Waals surface area contributed by atoms with Gasteiger partial charge in [0.05, 0.1) is 0 Å². The fraction of sp³-hybridized carbons (Fsp3) is 0.667.